The van der Waals surface area contributed by atoms with E-state index in [-0.39, 0.29) is 6.10 Å². The fourth-order valence-corrected chi connectivity index (χ4v) is 2.06. The number of methoxy groups -OCH3 is 2. The third-order valence-corrected chi connectivity index (χ3v) is 2.99. The van der Waals surface area contributed by atoms with Gasteiger partial charge in [-0.05, 0) is 6.42 Å². The monoisotopic (exact) mass is 243 g/mol. The minimum atomic E-state index is 0.249. The van der Waals surface area contributed by atoms with Crippen LogP contribution >= 0.6 is 11.6 Å². The van der Waals surface area contributed by atoms with E-state index in [0.29, 0.717) is 10.9 Å². The number of ether oxygens (including phenoxy) is 2. The van der Waals surface area contributed by atoms with E-state index in [2.05, 4.69) is 14.9 Å². The van der Waals surface area contributed by atoms with Crippen molar-refractivity contribution in [2.45, 2.75) is 12.5 Å². The standard InChI is InChI=1S/C10H14ClN3O2/c1-15-7-3-4-14(5-7)10-8(16-2)9(11)12-6-13-10/h6-7H,3-5H2,1-2H3. The lowest BCUT2D eigenvalue weighted by molar-refractivity contribution is 0.121. The summed E-state index contributed by atoms with van der Waals surface area (Å²) in [5, 5.41) is 0.341. The Morgan fingerprint density at radius 2 is 2.25 bits per heavy atom. The molecule has 2 heterocycles. The smallest absolute Gasteiger partial charge is 0.199 e. The van der Waals surface area contributed by atoms with Crippen molar-refractivity contribution in [1.82, 2.24) is 9.97 Å². The fraction of sp³-hybridized carbons (Fsp3) is 0.600. The van der Waals surface area contributed by atoms with Gasteiger partial charge in [-0.15, -0.1) is 0 Å². The lowest BCUT2D eigenvalue weighted by atomic mass is 10.3. The fourth-order valence-electron chi connectivity index (χ4n) is 1.86. The highest BCUT2D eigenvalue weighted by Gasteiger charge is 2.26. The average molecular weight is 244 g/mol. The van der Waals surface area contributed by atoms with E-state index in [1.807, 2.05) is 0 Å². The van der Waals surface area contributed by atoms with Crippen LogP contribution in [0.1, 0.15) is 6.42 Å². The van der Waals surface area contributed by atoms with Crippen molar-refractivity contribution in [2.24, 2.45) is 0 Å². The molecule has 5 nitrogen and oxygen atoms in total. The molecule has 1 fully saturated rings. The molecular weight excluding hydrogens is 230 g/mol. The number of anilines is 1. The average Bonchev–Trinajstić information content (AvgIpc) is 2.77. The van der Waals surface area contributed by atoms with Gasteiger partial charge in [0.05, 0.1) is 13.2 Å². The molecular formula is C10H14ClN3O2. The second kappa shape index (κ2) is 4.84. The Bertz CT molecular complexity index is 375. The maximum Gasteiger partial charge on any atom is 0.199 e. The molecule has 16 heavy (non-hydrogen) atoms. The predicted molar refractivity (Wildman–Crippen MR) is 61.2 cm³/mol. The van der Waals surface area contributed by atoms with Crippen LogP contribution in [0.25, 0.3) is 0 Å². The van der Waals surface area contributed by atoms with E-state index < -0.39 is 0 Å². The van der Waals surface area contributed by atoms with Crippen molar-refractivity contribution >= 4 is 17.4 Å². The number of halogens is 1. The largest absolute Gasteiger partial charge is 0.490 e. The second-order valence-corrected chi connectivity index (χ2v) is 3.97. The molecule has 0 spiro atoms. The van der Waals surface area contributed by atoms with Crippen LogP contribution in [0.3, 0.4) is 0 Å². The number of hydrogen-bond donors (Lipinski definition) is 0. The second-order valence-electron chi connectivity index (χ2n) is 3.61. The summed E-state index contributed by atoms with van der Waals surface area (Å²) in [4.78, 5) is 10.2. The van der Waals surface area contributed by atoms with E-state index >= 15 is 0 Å². The van der Waals surface area contributed by atoms with Gasteiger partial charge in [0.15, 0.2) is 16.7 Å². The molecule has 1 aromatic rings. The van der Waals surface area contributed by atoms with Crippen molar-refractivity contribution in [3.8, 4) is 5.75 Å². The Morgan fingerprint density at radius 3 is 2.88 bits per heavy atom. The molecule has 6 heteroatoms. The topological polar surface area (TPSA) is 47.5 Å². The van der Waals surface area contributed by atoms with Gasteiger partial charge in [0.2, 0.25) is 0 Å². The Hall–Kier alpha value is -1.07. The summed E-state index contributed by atoms with van der Waals surface area (Å²) in [5.74, 6) is 1.27. The molecule has 1 aromatic heterocycles. The van der Waals surface area contributed by atoms with Crippen LogP contribution in [0.2, 0.25) is 5.15 Å². The molecule has 1 aliphatic heterocycles. The van der Waals surface area contributed by atoms with Crippen molar-refractivity contribution in [2.75, 3.05) is 32.2 Å². The molecule has 0 amide bonds. The van der Waals surface area contributed by atoms with Crippen molar-refractivity contribution in [3.63, 3.8) is 0 Å². The van der Waals surface area contributed by atoms with Gasteiger partial charge in [-0.2, -0.15) is 0 Å². The summed E-state index contributed by atoms with van der Waals surface area (Å²) >= 11 is 5.94. The first-order valence-corrected chi connectivity index (χ1v) is 5.46. The van der Waals surface area contributed by atoms with Gasteiger partial charge in [0.1, 0.15) is 6.33 Å². The normalized spacial score (nSPS) is 20.2. The third kappa shape index (κ3) is 2.05. The Balaban J connectivity index is 2.24. The van der Waals surface area contributed by atoms with E-state index in [9.17, 15) is 0 Å². The molecule has 0 aromatic carbocycles. The zero-order valence-corrected chi connectivity index (χ0v) is 10.1. The summed E-state index contributed by atoms with van der Waals surface area (Å²) in [6.07, 6.45) is 2.68. The first-order chi connectivity index (χ1) is 7.76. The number of hydrogen-bond acceptors (Lipinski definition) is 5. The third-order valence-electron chi connectivity index (χ3n) is 2.72. The Morgan fingerprint density at radius 1 is 1.44 bits per heavy atom. The SMILES string of the molecule is COc1c(Cl)ncnc1N1CCC(OC)C1. The summed E-state index contributed by atoms with van der Waals surface area (Å²) < 4.78 is 10.5. The van der Waals surface area contributed by atoms with Gasteiger partial charge < -0.3 is 14.4 Å². The first kappa shape index (κ1) is 11.4. The van der Waals surface area contributed by atoms with Crippen molar-refractivity contribution in [3.05, 3.63) is 11.5 Å². The molecule has 1 atom stereocenters. The molecule has 0 saturated carbocycles. The molecule has 0 N–H and O–H groups in total. The first-order valence-electron chi connectivity index (χ1n) is 5.08. The van der Waals surface area contributed by atoms with Crippen molar-refractivity contribution < 1.29 is 9.47 Å². The number of nitrogens with zero attached hydrogens (tertiary/aromatic N) is 3. The van der Waals surface area contributed by atoms with Crippen LogP contribution in [0.15, 0.2) is 6.33 Å². The van der Waals surface area contributed by atoms with Gasteiger partial charge in [-0.3, -0.25) is 0 Å². The highest BCUT2D eigenvalue weighted by atomic mass is 35.5. The van der Waals surface area contributed by atoms with E-state index in [4.69, 9.17) is 21.1 Å². The maximum atomic E-state index is 5.94. The molecule has 0 radical (unpaired) electrons. The minimum absolute atomic E-state index is 0.249. The van der Waals surface area contributed by atoms with Crippen LogP contribution in [-0.4, -0.2) is 43.4 Å². The van der Waals surface area contributed by atoms with E-state index in [1.54, 1.807) is 14.2 Å². The predicted octanol–water partition coefficient (Wildman–Crippen LogP) is 1.36. The lowest BCUT2D eigenvalue weighted by Crippen LogP contribution is -2.23. The summed E-state index contributed by atoms with van der Waals surface area (Å²) in [5.41, 5.74) is 0. The molecule has 0 aliphatic carbocycles. The van der Waals surface area contributed by atoms with Gasteiger partial charge >= 0.3 is 0 Å². The van der Waals surface area contributed by atoms with Gasteiger partial charge in [-0.1, -0.05) is 11.6 Å². The number of aromatic nitrogens is 2. The van der Waals surface area contributed by atoms with E-state index in [1.165, 1.54) is 6.33 Å². The van der Waals surface area contributed by atoms with Crippen LogP contribution in [0.5, 0.6) is 5.75 Å². The maximum absolute atomic E-state index is 5.94. The van der Waals surface area contributed by atoms with Gasteiger partial charge in [0.25, 0.3) is 0 Å². The molecule has 88 valence electrons. The van der Waals surface area contributed by atoms with Gasteiger partial charge in [0, 0.05) is 20.2 Å². The molecule has 1 unspecified atom stereocenters. The van der Waals surface area contributed by atoms with Gasteiger partial charge in [-0.25, -0.2) is 9.97 Å². The quantitative estimate of drug-likeness (QED) is 0.751. The minimum Gasteiger partial charge on any atom is -0.490 e. The van der Waals surface area contributed by atoms with Crippen LogP contribution in [0, 0.1) is 0 Å². The molecule has 1 saturated heterocycles. The summed E-state index contributed by atoms with van der Waals surface area (Å²) in [6, 6.07) is 0. The zero-order valence-electron chi connectivity index (χ0n) is 9.31. The zero-order chi connectivity index (χ0) is 11.5. The Kier molecular flexibility index (Phi) is 3.46. The molecule has 0 bridgehead atoms. The highest BCUT2D eigenvalue weighted by Crippen LogP contribution is 2.33. The van der Waals surface area contributed by atoms with Crippen LogP contribution in [-0.2, 0) is 4.74 Å². The summed E-state index contributed by atoms with van der Waals surface area (Å²) in [7, 11) is 3.29. The lowest BCUT2D eigenvalue weighted by Gasteiger charge is -2.19. The van der Waals surface area contributed by atoms with Crippen molar-refractivity contribution in [1.29, 1.82) is 0 Å². The summed E-state index contributed by atoms with van der Waals surface area (Å²) in [6.45, 7) is 1.70. The molecule has 2 rings (SSSR count). The Labute approximate surface area is 99.3 Å². The van der Waals surface area contributed by atoms with E-state index in [0.717, 1.165) is 25.3 Å². The highest BCUT2D eigenvalue weighted by molar-refractivity contribution is 6.31. The van der Waals surface area contributed by atoms with Crippen LogP contribution < -0.4 is 9.64 Å². The molecule has 1 aliphatic rings. The number of rotatable bonds is 3. The van der Waals surface area contributed by atoms with Crippen LogP contribution in [0.4, 0.5) is 5.82 Å².